The predicted molar refractivity (Wildman–Crippen MR) is 80.8 cm³/mol. The van der Waals surface area contributed by atoms with Gasteiger partial charge in [0.1, 0.15) is 5.75 Å². The van der Waals surface area contributed by atoms with Crippen LogP contribution in [0.15, 0.2) is 48.5 Å². The van der Waals surface area contributed by atoms with Gasteiger partial charge >= 0.3 is 0 Å². The van der Waals surface area contributed by atoms with Crippen LogP contribution in [0, 0.1) is 6.92 Å². The van der Waals surface area contributed by atoms with E-state index in [2.05, 4.69) is 6.07 Å². The van der Waals surface area contributed by atoms with Gasteiger partial charge in [-0.3, -0.25) is 0 Å². The number of rotatable bonds is 6. The minimum Gasteiger partial charge on any atom is -0.496 e. The first-order chi connectivity index (χ1) is 9.70. The first kappa shape index (κ1) is 14.6. The number of aryl methyl sites for hydroxylation is 1. The Morgan fingerprint density at radius 1 is 1.10 bits per heavy atom. The predicted octanol–water partition coefficient (Wildman–Crippen LogP) is 3.22. The monoisotopic (exact) mass is 271 g/mol. The Morgan fingerprint density at radius 3 is 2.55 bits per heavy atom. The van der Waals surface area contributed by atoms with E-state index >= 15 is 0 Å². The second kappa shape index (κ2) is 7.08. The number of hydrogen-bond donors (Lipinski definition) is 1. The Bertz CT molecular complexity index is 540. The SMILES string of the molecule is COc1ccc(C)cc1C(N)COCc1ccccc1. The maximum Gasteiger partial charge on any atom is 0.123 e. The molecule has 0 amide bonds. The molecule has 2 aromatic rings. The maximum atomic E-state index is 6.20. The van der Waals surface area contributed by atoms with E-state index in [1.807, 2.05) is 49.4 Å². The number of methoxy groups -OCH3 is 1. The molecule has 1 atom stereocenters. The smallest absolute Gasteiger partial charge is 0.123 e. The summed E-state index contributed by atoms with van der Waals surface area (Å²) in [5, 5.41) is 0. The van der Waals surface area contributed by atoms with E-state index in [1.165, 1.54) is 5.56 Å². The van der Waals surface area contributed by atoms with E-state index in [0.29, 0.717) is 13.2 Å². The van der Waals surface area contributed by atoms with Crippen LogP contribution >= 0.6 is 0 Å². The molecule has 3 heteroatoms. The molecule has 0 saturated carbocycles. The van der Waals surface area contributed by atoms with Gasteiger partial charge in [-0.25, -0.2) is 0 Å². The molecular formula is C17H21NO2. The van der Waals surface area contributed by atoms with Crippen molar-refractivity contribution < 1.29 is 9.47 Å². The molecule has 0 aliphatic heterocycles. The van der Waals surface area contributed by atoms with Gasteiger partial charge in [0.25, 0.3) is 0 Å². The number of nitrogens with two attached hydrogens (primary N) is 1. The molecule has 106 valence electrons. The van der Waals surface area contributed by atoms with Crippen molar-refractivity contribution in [3.05, 3.63) is 65.2 Å². The highest BCUT2D eigenvalue weighted by Crippen LogP contribution is 2.25. The molecule has 0 fully saturated rings. The van der Waals surface area contributed by atoms with Crippen LogP contribution in [0.3, 0.4) is 0 Å². The maximum absolute atomic E-state index is 6.20. The van der Waals surface area contributed by atoms with Crippen LogP contribution in [0.1, 0.15) is 22.7 Å². The molecular weight excluding hydrogens is 250 g/mol. The molecule has 2 rings (SSSR count). The van der Waals surface area contributed by atoms with Gasteiger partial charge in [0, 0.05) is 5.56 Å². The second-order valence-corrected chi connectivity index (χ2v) is 4.85. The fourth-order valence-electron chi connectivity index (χ4n) is 2.11. The molecule has 1 unspecified atom stereocenters. The van der Waals surface area contributed by atoms with Crippen LogP contribution in [0.4, 0.5) is 0 Å². The molecule has 0 radical (unpaired) electrons. The zero-order valence-corrected chi connectivity index (χ0v) is 12.0. The molecule has 0 aliphatic carbocycles. The quantitative estimate of drug-likeness (QED) is 0.877. The fraction of sp³-hybridized carbons (Fsp3) is 0.294. The minimum atomic E-state index is -0.187. The van der Waals surface area contributed by atoms with E-state index in [4.69, 9.17) is 15.2 Å². The van der Waals surface area contributed by atoms with Gasteiger partial charge in [0.15, 0.2) is 0 Å². The third-order valence-corrected chi connectivity index (χ3v) is 3.19. The molecule has 3 nitrogen and oxygen atoms in total. The molecule has 2 N–H and O–H groups in total. The van der Waals surface area contributed by atoms with Gasteiger partial charge in [-0.15, -0.1) is 0 Å². The van der Waals surface area contributed by atoms with Crippen LogP contribution in [-0.4, -0.2) is 13.7 Å². The summed E-state index contributed by atoms with van der Waals surface area (Å²) >= 11 is 0. The highest BCUT2D eigenvalue weighted by Gasteiger charge is 2.12. The summed E-state index contributed by atoms with van der Waals surface area (Å²) in [5.41, 5.74) is 9.50. The van der Waals surface area contributed by atoms with E-state index in [-0.39, 0.29) is 6.04 Å². The van der Waals surface area contributed by atoms with Gasteiger partial charge in [0.05, 0.1) is 26.4 Å². The topological polar surface area (TPSA) is 44.5 Å². The van der Waals surface area contributed by atoms with Crippen molar-refractivity contribution in [2.24, 2.45) is 5.73 Å². The summed E-state index contributed by atoms with van der Waals surface area (Å²) in [6.45, 7) is 3.08. The largest absolute Gasteiger partial charge is 0.496 e. The molecule has 0 saturated heterocycles. The standard InChI is InChI=1S/C17H21NO2/c1-13-8-9-17(19-2)15(10-13)16(18)12-20-11-14-6-4-3-5-7-14/h3-10,16H,11-12,18H2,1-2H3. The lowest BCUT2D eigenvalue weighted by atomic mass is 10.0. The molecule has 20 heavy (non-hydrogen) atoms. The average molecular weight is 271 g/mol. The van der Waals surface area contributed by atoms with Crippen molar-refractivity contribution in [2.45, 2.75) is 19.6 Å². The normalized spacial score (nSPS) is 12.2. The number of ether oxygens (including phenoxy) is 2. The molecule has 0 aliphatic rings. The lowest BCUT2D eigenvalue weighted by Gasteiger charge is -2.16. The first-order valence-corrected chi connectivity index (χ1v) is 6.72. The Morgan fingerprint density at radius 2 is 1.85 bits per heavy atom. The van der Waals surface area contributed by atoms with Crippen LogP contribution in [0.25, 0.3) is 0 Å². The lowest BCUT2D eigenvalue weighted by Crippen LogP contribution is -2.18. The zero-order valence-electron chi connectivity index (χ0n) is 12.0. The van der Waals surface area contributed by atoms with E-state index in [9.17, 15) is 0 Å². The van der Waals surface area contributed by atoms with Crippen molar-refractivity contribution in [3.8, 4) is 5.75 Å². The third-order valence-electron chi connectivity index (χ3n) is 3.19. The Balaban J connectivity index is 1.95. The van der Waals surface area contributed by atoms with E-state index in [1.54, 1.807) is 7.11 Å². The second-order valence-electron chi connectivity index (χ2n) is 4.85. The van der Waals surface area contributed by atoms with E-state index in [0.717, 1.165) is 16.9 Å². The zero-order chi connectivity index (χ0) is 14.4. The average Bonchev–Trinajstić information content (AvgIpc) is 2.48. The van der Waals surface area contributed by atoms with Crippen LogP contribution in [-0.2, 0) is 11.3 Å². The highest BCUT2D eigenvalue weighted by atomic mass is 16.5. The molecule has 0 bridgehead atoms. The molecule has 0 heterocycles. The van der Waals surface area contributed by atoms with Crippen LogP contribution < -0.4 is 10.5 Å². The van der Waals surface area contributed by atoms with Crippen molar-refractivity contribution in [1.29, 1.82) is 0 Å². The summed E-state index contributed by atoms with van der Waals surface area (Å²) in [6.07, 6.45) is 0. The van der Waals surface area contributed by atoms with Crippen LogP contribution in [0.5, 0.6) is 5.75 Å². The summed E-state index contributed by atoms with van der Waals surface area (Å²) in [5.74, 6) is 0.811. The lowest BCUT2D eigenvalue weighted by molar-refractivity contribution is 0.107. The van der Waals surface area contributed by atoms with Crippen molar-refractivity contribution in [1.82, 2.24) is 0 Å². The fourth-order valence-corrected chi connectivity index (χ4v) is 2.11. The Kier molecular flexibility index (Phi) is 5.16. The van der Waals surface area contributed by atoms with Gasteiger partial charge < -0.3 is 15.2 Å². The summed E-state index contributed by atoms with van der Waals surface area (Å²) in [6, 6.07) is 15.9. The minimum absolute atomic E-state index is 0.187. The Hall–Kier alpha value is -1.84. The molecule has 2 aromatic carbocycles. The van der Waals surface area contributed by atoms with Crippen molar-refractivity contribution in [2.75, 3.05) is 13.7 Å². The van der Waals surface area contributed by atoms with Gasteiger partial charge in [0.2, 0.25) is 0 Å². The third kappa shape index (κ3) is 3.83. The molecule has 0 spiro atoms. The van der Waals surface area contributed by atoms with Gasteiger partial charge in [-0.2, -0.15) is 0 Å². The summed E-state index contributed by atoms with van der Waals surface area (Å²) in [7, 11) is 1.66. The van der Waals surface area contributed by atoms with Crippen LogP contribution in [0.2, 0.25) is 0 Å². The summed E-state index contributed by atoms with van der Waals surface area (Å²) in [4.78, 5) is 0. The van der Waals surface area contributed by atoms with Crippen molar-refractivity contribution in [3.63, 3.8) is 0 Å². The summed E-state index contributed by atoms with van der Waals surface area (Å²) < 4.78 is 11.0. The highest BCUT2D eigenvalue weighted by molar-refractivity contribution is 5.39. The number of hydrogen-bond acceptors (Lipinski definition) is 3. The van der Waals surface area contributed by atoms with Gasteiger partial charge in [-0.1, -0.05) is 48.0 Å². The molecule has 0 aromatic heterocycles. The number of benzene rings is 2. The van der Waals surface area contributed by atoms with E-state index < -0.39 is 0 Å². The van der Waals surface area contributed by atoms with Crippen molar-refractivity contribution >= 4 is 0 Å². The Labute approximate surface area is 120 Å². The first-order valence-electron chi connectivity index (χ1n) is 6.72. The van der Waals surface area contributed by atoms with Gasteiger partial charge in [-0.05, 0) is 18.6 Å².